The van der Waals surface area contributed by atoms with Gasteiger partial charge in [0.2, 0.25) is 0 Å². The van der Waals surface area contributed by atoms with Crippen molar-refractivity contribution in [1.29, 1.82) is 0 Å². The van der Waals surface area contributed by atoms with E-state index in [9.17, 15) is 0 Å². The average molecular weight is 261 g/mol. The van der Waals surface area contributed by atoms with Crippen LogP contribution in [0.25, 0.3) is 11.3 Å². The molecule has 19 heavy (non-hydrogen) atoms. The molecular formula is C14H19N3O2. The topological polar surface area (TPSA) is 62.3 Å². The Morgan fingerprint density at radius 1 is 1.32 bits per heavy atom. The zero-order chi connectivity index (χ0) is 13.8. The summed E-state index contributed by atoms with van der Waals surface area (Å²) in [4.78, 5) is 0. The van der Waals surface area contributed by atoms with Crippen molar-refractivity contribution in [2.24, 2.45) is 7.05 Å². The maximum Gasteiger partial charge on any atom is 0.121 e. The van der Waals surface area contributed by atoms with Gasteiger partial charge in [0.05, 0.1) is 12.3 Å². The lowest BCUT2D eigenvalue weighted by Crippen LogP contribution is -2.08. The van der Waals surface area contributed by atoms with Gasteiger partial charge < -0.3 is 15.2 Å². The summed E-state index contributed by atoms with van der Waals surface area (Å²) in [7, 11) is 5.16. The Balaban J connectivity index is 2.33. The molecule has 1 unspecified atom stereocenters. The van der Waals surface area contributed by atoms with Crippen molar-refractivity contribution in [2.75, 3.05) is 26.6 Å². The Hall–Kier alpha value is -1.85. The molecule has 1 atom stereocenters. The second-order valence-electron chi connectivity index (χ2n) is 4.38. The van der Waals surface area contributed by atoms with Gasteiger partial charge in [-0.1, -0.05) is 18.2 Å². The minimum absolute atomic E-state index is 0.0778. The van der Waals surface area contributed by atoms with Gasteiger partial charge in [0.25, 0.3) is 0 Å². The monoisotopic (exact) mass is 261 g/mol. The SMILES string of the molecule is COCC(OC)c1cccc(-c2cc(N)n(C)n2)c1. The van der Waals surface area contributed by atoms with Crippen LogP contribution in [0.4, 0.5) is 5.82 Å². The molecule has 1 aromatic carbocycles. The number of nitrogen functional groups attached to an aromatic ring is 1. The number of anilines is 1. The van der Waals surface area contributed by atoms with Crippen LogP contribution in [-0.2, 0) is 16.5 Å². The molecular weight excluding hydrogens is 242 g/mol. The number of benzene rings is 1. The zero-order valence-electron chi connectivity index (χ0n) is 11.5. The van der Waals surface area contributed by atoms with E-state index in [1.807, 2.05) is 31.3 Å². The molecule has 0 aliphatic rings. The Morgan fingerprint density at radius 3 is 2.68 bits per heavy atom. The molecule has 0 amide bonds. The molecule has 0 radical (unpaired) electrons. The highest BCUT2D eigenvalue weighted by molar-refractivity contribution is 5.63. The molecule has 2 aromatic rings. The van der Waals surface area contributed by atoms with E-state index in [1.165, 1.54) is 0 Å². The molecule has 0 fully saturated rings. The number of aromatic nitrogens is 2. The molecule has 2 rings (SSSR count). The van der Waals surface area contributed by atoms with Crippen LogP contribution in [0.1, 0.15) is 11.7 Å². The number of nitrogens with two attached hydrogens (primary N) is 1. The Kier molecular flexibility index (Phi) is 4.19. The van der Waals surface area contributed by atoms with Crippen LogP contribution >= 0.6 is 0 Å². The van der Waals surface area contributed by atoms with Crippen molar-refractivity contribution in [2.45, 2.75) is 6.10 Å². The molecule has 0 saturated heterocycles. The molecule has 0 bridgehead atoms. The predicted molar refractivity (Wildman–Crippen MR) is 74.7 cm³/mol. The van der Waals surface area contributed by atoms with Crippen molar-refractivity contribution < 1.29 is 9.47 Å². The largest absolute Gasteiger partial charge is 0.384 e. The number of aryl methyl sites for hydroxylation is 1. The van der Waals surface area contributed by atoms with E-state index in [4.69, 9.17) is 15.2 Å². The molecule has 1 aromatic heterocycles. The van der Waals surface area contributed by atoms with Gasteiger partial charge in [0, 0.05) is 32.9 Å². The van der Waals surface area contributed by atoms with Crippen LogP contribution in [0, 0.1) is 0 Å². The van der Waals surface area contributed by atoms with E-state index in [0.717, 1.165) is 16.8 Å². The zero-order valence-corrected chi connectivity index (χ0v) is 11.5. The number of nitrogens with zero attached hydrogens (tertiary/aromatic N) is 2. The van der Waals surface area contributed by atoms with Crippen molar-refractivity contribution in [3.8, 4) is 11.3 Å². The second kappa shape index (κ2) is 5.86. The van der Waals surface area contributed by atoms with E-state index in [1.54, 1.807) is 18.9 Å². The van der Waals surface area contributed by atoms with Gasteiger partial charge in [-0.25, -0.2) is 0 Å². The van der Waals surface area contributed by atoms with Crippen LogP contribution in [-0.4, -0.2) is 30.6 Å². The Labute approximate surface area is 112 Å². The smallest absolute Gasteiger partial charge is 0.121 e. The molecule has 102 valence electrons. The summed E-state index contributed by atoms with van der Waals surface area (Å²) in [5, 5.41) is 4.37. The highest BCUT2D eigenvalue weighted by atomic mass is 16.5. The lowest BCUT2D eigenvalue weighted by molar-refractivity contribution is 0.0275. The van der Waals surface area contributed by atoms with Gasteiger partial charge in [0.15, 0.2) is 0 Å². The maximum absolute atomic E-state index is 5.81. The van der Waals surface area contributed by atoms with Gasteiger partial charge in [-0.15, -0.1) is 0 Å². The highest BCUT2D eigenvalue weighted by Gasteiger charge is 2.12. The maximum atomic E-state index is 5.81. The molecule has 0 aliphatic heterocycles. The molecule has 0 spiro atoms. The van der Waals surface area contributed by atoms with E-state index in [2.05, 4.69) is 11.2 Å². The minimum atomic E-state index is -0.0778. The lowest BCUT2D eigenvalue weighted by atomic mass is 10.0. The standard InChI is InChI=1S/C14H19N3O2/c1-17-14(15)8-12(16-17)10-5-4-6-11(7-10)13(19-3)9-18-2/h4-8,13H,9,15H2,1-3H3. The summed E-state index contributed by atoms with van der Waals surface area (Å²) >= 11 is 0. The fourth-order valence-corrected chi connectivity index (χ4v) is 1.97. The first-order chi connectivity index (χ1) is 9.15. The first-order valence-corrected chi connectivity index (χ1v) is 6.07. The third-order valence-corrected chi connectivity index (χ3v) is 3.07. The normalized spacial score (nSPS) is 12.6. The molecule has 5 heteroatoms. The van der Waals surface area contributed by atoms with Crippen LogP contribution in [0.5, 0.6) is 0 Å². The quantitative estimate of drug-likeness (QED) is 0.894. The second-order valence-corrected chi connectivity index (χ2v) is 4.38. The summed E-state index contributed by atoms with van der Waals surface area (Å²) < 4.78 is 12.2. The summed E-state index contributed by atoms with van der Waals surface area (Å²) in [5.74, 6) is 0.639. The number of ether oxygens (including phenoxy) is 2. The molecule has 2 N–H and O–H groups in total. The Bertz CT molecular complexity index is 532. The highest BCUT2D eigenvalue weighted by Crippen LogP contribution is 2.25. The van der Waals surface area contributed by atoms with Crippen molar-refractivity contribution in [3.05, 3.63) is 35.9 Å². The van der Waals surface area contributed by atoms with Crippen LogP contribution in [0.2, 0.25) is 0 Å². The number of hydrogen-bond acceptors (Lipinski definition) is 4. The van der Waals surface area contributed by atoms with Gasteiger partial charge in [-0.05, 0) is 11.6 Å². The number of methoxy groups -OCH3 is 2. The first kappa shape index (κ1) is 13.6. The molecule has 1 heterocycles. The molecule has 5 nitrogen and oxygen atoms in total. The van der Waals surface area contributed by atoms with Gasteiger partial charge >= 0.3 is 0 Å². The van der Waals surface area contributed by atoms with Crippen LogP contribution in [0.3, 0.4) is 0 Å². The average Bonchev–Trinajstić information content (AvgIpc) is 2.76. The summed E-state index contributed by atoms with van der Waals surface area (Å²) in [6, 6.07) is 9.91. The van der Waals surface area contributed by atoms with Gasteiger partial charge in [-0.2, -0.15) is 5.10 Å². The predicted octanol–water partition coefficient (Wildman–Crippen LogP) is 2.00. The molecule has 0 saturated carbocycles. The van der Waals surface area contributed by atoms with Crippen molar-refractivity contribution >= 4 is 5.82 Å². The lowest BCUT2D eigenvalue weighted by Gasteiger charge is -2.15. The van der Waals surface area contributed by atoms with E-state index < -0.39 is 0 Å². The summed E-state index contributed by atoms with van der Waals surface area (Å²) in [6.07, 6.45) is -0.0778. The minimum Gasteiger partial charge on any atom is -0.384 e. The fraction of sp³-hybridized carbons (Fsp3) is 0.357. The van der Waals surface area contributed by atoms with Crippen molar-refractivity contribution in [3.63, 3.8) is 0 Å². The van der Waals surface area contributed by atoms with Crippen molar-refractivity contribution in [1.82, 2.24) is 9.78 Å². The van der Waals surface area contributed by atoms with Gasteiger partial charge in [0.1, 0.15) is 11.9 Å². The Morgan fingerprint density at radius 2 is 2.11 bits per heavy atom. The van der Waals surface area contributed by atoms with E-state index >= 15 is 0 Å². The third kappa shape index (κ3) is 2.94. The number of hydrogen-bond donors (Lipinski definition) is 1. The van der Waals surface area contributed by atoms with E-state index in [-0.39, 0.29) is 6.10 Å². The van der Waals surface area contributed by atoms with Crippen LogP contribution < -0.4 is 5.73 Å². The summed E-state index contributed by atoms with van der Waals surface area (Å²) in [5.41, 5.74) is 8.74. The van der Waals surface area contributed by atoms with Crippen LogP contribution in [0.15, 0.2) is 30.3 Å². The van der Waals surface area contributed by atoms with E-state index in [0.29, 0.717) is 12.4 Å². The number of rotatable bonds is 5. The first-order valence-electron chi connectivity index (χ1n) is 6.07. The third-order valence-electron chi connectivity index (χ3n) is 3.07. The fourth-order valence-electron chi connectivity index (χ4n) is 1.97. The molecule has 0 aliphatic carbocycles. The summed E-state index contributed by atoms with van der Waals surface area (Å²) in [6.45, 7) is 0.518. The van der Waals surface area contributed by atoms with Gasteiger partial charge in [-0.3, -0.25) is 4.68 Å².